The zero-order valence-corrected chi connectivity index (χ0v) is 11.3. The first-order chi connectivity index (χ1) is 8.42. The Morgan fingerprint density at radius 3 is 2.11 bits per heavy atom. The van der Waals surface area contributed by atoms with Crippen molar-refractivity contribution in [2.24, 2.45) is 0 Å². The maximum atomic E-state index is 11.6. The molecular weight excluding hydrogens is 236 g/mol. The molecule has 0 aliphatic carbocycles. The van der Waals surface area contributed by atoms with E-state index in [1.54, 1.807) is 13.8 Å². The summed E-state index contributed by atoms with van der Waals surface area (Å²) in [7, 11) is 1.42. The van der Waals surface area contributed by atoms with Gasteiger partial charge in [-0.25, -0.2) is 4.79 Å². The fourth-order valence-electron chi connectivity index (χ4n) is 1.21. The van der Waals surface area contributed by atoms with E-state index < -0.39 is 24.0 Å². The van der Waals surface area contributed by atoms with E-state index in [9.17, 15) is 14.4 Å². The van der Waals surface area contributed by atoms with Crippen LogP contribution in [0.25, 0.3) is 0 Å². The maximum absolute atomic E-state index is 11.6. The van der Waals surface area contributed by atoms with Crippen LogP contribution < -0.4 is 21.3 Å². The normalized spacial score (nSPS) is 13.3. The molecule has 0 saturated carbocycles. The number of rotatable bonds is 6. The molecule has 0 aromatic carbocycles. The highest BCUT2D eigenvalue weighted by Gasteiger charge is 2.20. The van der Waals surface area contributed by atoms with E-state index in [0.717, 1.165) is 6.42 Å². The van der Waals surface area contributed by atoms with Crippen LogP contribution in [0.4, 0.5) is 4.79 Å². The minimum absolute atomic E-state index is 0.170. The first-order valence-corrected chi connectivity index (χ1v) is 5.98. The number of hydrogen-bond donors (Lipinski definition) is 4. The molecule has 0 aromatic rings. The van der Waals surface area contributed by atoms with Crippen molar-refractivity contribution in [3.05, 3.63) is 0 Å². The smallest absolute Gasteiger partial charge is 0.321 e. The fraction of sp³-hybridized carbons (Fsp3) is 0.727. The van der Waals surface area contributed by atoms with Crippen LogP contribution in [0.2, 0.25) is 0 Å². The molecule has 2 unspecified atom stereocenters. The molecule has 2 atom stereocenters. The molecule has 4 N–H and O–H groups in total. The lowest BCUT2D eigenvalue weighted by molar-refractivity contribution is -0.124. The predicted molar refractivity (Wildman–Crippen MR) is 68.0 cm³/mol. The van der Waals surface area contributed by atoms with Crippen molar-refractivity contribution < 1.29 is 14.4 Å². The van der Waals surface area contributed by atoms with Crippen LogP contribution in [0.1, 0.15) is 27.2 Å². The standard InChI is InChI=1S/C11H22N4O3/c1-5-6-13-9(16)7(2)14-8(3)10(17)15-11(18)12-4/h7-8,14H,5-6H2,1-4H3,(H,13,16)(H2,12,15,17,18). The second-order valence-corrected chi connectivity index (χ2v) is 3.97. The summed E-state index contributed by atoms with van der Waals surface area (Å²) in [4.78, 5) is 34.0. The number of carbonyl (C=O) groups is 3. The van der Waals surface area contributed by atoms with Crippen LogP contribution in [0.5, 0.6) is 0 Å². The zero-order chi connectivity index (χ0) is 14.1. The Kier molecular flexibility index (Phi) is 7.69. The molecular formula is C11H22N4O3. The van der Waals surface area contributed by atoms with Gasteiger partial charge in [0.1, 0.15) is 0 Å². The Labute approximate surface area is 107 Å². The summed E-state index contributed by atoms with van der Waals surface area (Å²) in [6.45, 7) is 5.80. The highest BCUT2D eigenvalue weighted by molar-refractivity contribution is 5.97. The molecule has 7 nitrogen and oxygen atoms in total. The Balaban J connectivity index is 4.13. The van der Waals surface area contributed by atoms with Crippen molar-refractivity contribution in [1.29, 1.82) is 0 Å². The Bertz CT molecular complexity index is 307. The fourth-order valence-corrected chi connectivity index (χ4v) is 1.21. The van der Waals surface area contributed by atoms with Gasteiger partial charge in [-0.3, -0.25) is 20.2 Å². The van der Waals surface area contributed by atoms with Gasteiger partial charge in [0.2, 0.25) is 11.8 Å². The molecule has 0 aliphatic rings. The van der Waals surface area contributed by atoms with Gasteiger partial charge in [0.05, 0.1) is 12.1 Å². The van der Waals surface area contributed by atoms with E-state index in [2.05, 4.69) is 21.3 Å². The highest BCUT2D eigenvalue weighted by Crippen LogP contribution is 1.89. The van der Waals surface area contributed by atoms with Crippen LogP contribution in [-0.2, 0) is 9.59 Å². The average molecular weight is 258 g/mol. The number of urea groups is 1. The second kappa shape index (κ2) is 8.46. The number of nitrogens with one attached hydrogen (secondary N) is 4. The van der Waals surface area contributed by atoms with Crippen molar-refractivity contribution in [2.45, 2.75) is 39.3 Å². The first kappa shape index (κ1) is 16.4. The lowest BCUT2D eigenvalue weighted by Gasteiger charge is -2.18. The first-order valence-electron chi connectivity index (χ1n) is 5.98. The monoisotopic (exact) mass is 258 g/mol. The third kappa shape index (κ3) is 6.19. The van der Waals surface area contributed by atoms with Crippen molar-refractivity contribution in [2.75, 3.05) is 13.6 Å². The SMILES string of the molecule is CCCNC(=O)C(C)NC(C)C(=O)NC(=O)NC. The maximum Gasteiger partial charge on any atom is 0.321 e. The molecule has 0 radical (unpaired) electrons. The Morgan fingerprint density at radius 1 is 1.06 bits per heavy atom. The molecule has 0 fully saturated rings. The molecule has 4 amide bonds. The number of hydrogen-bond acceptors (Lipinski definition) is 4. The predicted octanol–water partition coefficient (Wildman–Crippen LogP) is -0.665. The summed E-state index contributed by atoms with van der Waals surface area (Å²) < 4.78 is 0. The molecule has 0 spiro atoms. The highest BCUT2D eigenvalue weighted by atomic mass is 16.2. The third-order valence-electron chi connectivity index (χ3n) is 2.30. The Hall–Kier alpha value is -1.63. The van der Waals surface area contributed by atoms with Crippen LogP contribution in [0, 0.1) is 0 Å². The molecule has 0 bridgehead atoms. The largest absolute Gasteiger partial charge is 0.355 e. The van der Waals surface area contributed by atoms with Gasteiger partial charge in [0, 0.05) is 13.6 Å². The van der Waals surface area contributed by atoms with E-state index in [4.69, 9.17) is 0 Å². The van der Waals surface area contributed by atoms with Gasteiger partial charge in [-0.1, -0.05) is 6.92 Å². The van der Waals surface area contributed by atoms with Crippen LogP contribution in [-0.4, -0.2) is 43.5 Å². The lowest BCUT2D eigenvalue weighted by Crippen LogP contribution is -2.53. The van der Waals surface area contributed by atoms with E-state index in [0.29, 0.717) is 6.54 Å². The molecule has 0 rings (SSSR count). The van der Waals surface area contributed by atoms with Gasteiger partial charge in [-0.15, -0.1) is 0 Å². The summed E-state index contributed by atoms with van der Waals surface area (Å²) in [5.41, 5.74) is 0. The van der Waals surface area contributed by atoms with Gasteiger partial charge in [0.15, 0.2) is 0 Å². The summed E-state index contributed by atoms with van der Waals surface area (Å²) >= 11 is 0. The zero-order valence-electron chi connectivity index (χ0n) is 11.3. The van der Waals surface area contributed by atoms with E-state index in [1.165, 1.54) is 7.05 Å². The van der Waals surface area contributed by atoms with Crippen LogP contribution in [0.15, 0.2) is 0 Å². The Morgan fingerprint density at radius 2 is 1.61 bits per heavy atom. The van der Waals surface area contributed by atoms with E-state index in [1.807, 2.05) is 6.92 Å². The van der Waals surface area contributed by atoms with Crippen molar-refractivity contribution in [1.82, 2.24) is 21.3 Å². The topological polar surface area (TPSA) is 99.3 Å². The van der Waals surface area contributed by atoms with Crippen molar-refractivity contribution in [3.63, 3.8) is 0 Å². The molecule has 18 heavy (non-hydrogen) atoms. The van der Waals surface area contributed by atoms with Gasteiger partial charge in [-0.2, -0.15) is 0 Å². The number of carbonyl (C=O) groups excluding carboxylic acids is 3. The summed E-state index contributed by atoms with van der Waals surface area (Å²) in [5, 5.41) is 9.94. The minimum Gasteiger partial charge on any atom is -0.355 e. The molecule has 0 aliphatic heterocycles. The van der Waals surface area contributed by atoms with Crippen LogP contribution in [0.3, 0.4) is 0 Å². The third-order valence-corrected chi connectivity index (χ3v) is 2.30. The average Bonchev–Trinajstić information content (AvgIpc) is 2.35. The van der Waals surface area contributed by atoms with Gasteiger partial charge in [-0.05, 0) is 20.3 Å². The van der Waals surface area contributed by atoms with Crippen LogP contribution >= 0.6 is 0 Å². The van der Waals surface area contributed by atoms with E-state index >= 15 is 0 Å². The van der Waals surface area contributed by atoms with Crippen molar-refractivity contribution >= 4 is 17.8 Å². The molecule has 0 saturated heterocycles. The second-order valence-electron chi connectivity index (χ2n) is 3.97. The summed E-state index contributed by atoms with van der Waals surface area (Å²) in [5.74, 6) is -0.652. The number of imide groups is 1. The van der Waals surface area contributed by atoms with Gasteiger partial charge >= 0.3 is 6.03 Å². The minimum atomic E-state index is -0.635. The molecule has 104 valence electrons. The number of amides is 4. The summed E-state index contributed by atoms with van der Waals surface area (Å²) in [6.07, 6.45) is 0.852. The van der Waals surface area contributed by atoms with E-state index in [-0.39, 0.29) is 5.91 Å². The molecule has 0 aromatic heterocycles. The van der Waals surface area contributed by atoms with Gasteiger partial charge < -0.3 is 10.6 Å². The van der Waals surface area contributed by atoms with Gasteiger partial charge in [0.25, 0.3) is 0 Å². The quantitative estimate of drug-likeness (QED) is 0.508. The molecule has 7 heteroatoms. The molecule has 0 heterocycles. The van der Waals surface area contributed by atoms with Crippen molar-refractivity contribution in [3.8, 4) is 0 Å². The lowest BCUT2D eigenvalue weighted by atomic mass is 10.2. The summed E-state index contributed by atoms with van der Waals surface area (Å²) in [6, 6.07) is -1.71.